The van der Waals surface area contributed by atoms with Crippen molar-refractivity contribution in [3.8, 4) is 5.75 Å². The Balaban J connectivity index is 1.87. The number of hydrazone groups is 1. The molecule has 2 aromatic carbocycles. The maximum Gasteiger partial charge on any atom is 0.363 e. The zero-order chi connectivity index (χ0) is 17.8. The standard InChI is InChI=1S/C17H15N3O5/c1-2-24-16-13-5-3-4-6-14(13)25-17(21)15(16)19-18-11-7-9-12(10-8-11)20(22)23/h3-10,16,18H,2H2,1H3. The topological polar surface area (TPSA) is 103 Å². The number of ether oxygens (including phenoxy) is 2. The van der Waals surface area contributed by atoms with Crippen molar-refractivity contribution in [3.63, 3.8) is 0 Å². The van der Waals surface area contributed by atoms with Gasteiger partial charge in [-0.2, -0.15) is 5.10 Å². The van der Waals surface area contributed by atoms with Crippen LogP contribution in [0, 0.1) is 10.1 Å². The molecule has 3 rings (SSSR count). The van der Waals surface area contributed by atoms with Gasteiger partial charge >= 0.3 is 5.97 Å². The fourth-order valence-electron chi connectivity index (χ4n) is 2.42. The van der Waals surface area contributed by atoms with Gasteiger partial charge in [-0.25, -0.2) is 4.79 Å². The SMILES string of the molecule is CCOC1C(=NNc2ccc([N+](=O)[O-])cc2)C(=O)Oc2ccccc21. The highest BCUT2D eigenvalue weighted by Gasteiger charge is 2.34. The first-order valence-electron chi connectivity index (χ1n) is 7.61. The van der Waals surface area contributed by atoms with Crippen molar-refractivity contribution >= 4 is 23.1 Å². The summed E-state index contributed by atoms with van der Waals surface area (Å²) in [5.74, 6) is -0.160. The van der Waals surface area contributed by atoms with Crippen molar-refractivity contribution < 1.29 is 19.2 Å². The van der Waals surface area contributed by atoms with E-state index in [9.17, 15) is 14.9 Å². The maximum atomic E-state index is 12.2. The van der Waals surface area contributed by atoms with Crippen LogP contribution in [0.4, 0.5) is 11.4 Å². The molecular weight excluding hydrogens is 326 g/mol. The number of fused-ring (bicyclic) bond motifs is 1. The number of nitrogens with one attached hydrogen (secondary N) is 1. The Morgan fingerprint density at radius 2 is 1.96 bits per heavy atom. The number of nitro benzene ring substituents is 1. The van der Waals surface area contributed by atoms with Crippen molar-refractivity contribution in [2.24, 2.45) is 5.10 Å². The van der Waals surface area contributed by atoms with Gasteiger partial charge in [0.2, 0.25) is 0 Å². The van der Waals surface area contributed by atoms with E-state index in [1.165, 1.54) is 24.3 Å². The summed E-state index contributed by atoms with van der Waals surface area (Å²) < 4.78 is 11.0. The fraction of sp³-hybridized carbons (Fsp3) is 0.176. The zero-order valence-electron chi connectivity index (χ0n) is 13.3. The molecule has 8 nitrogen and oxygen atoms in total. The molecule has 0 spiro atoms. The van der Waals surface area contributed by atoms with Gasteiger partial charge in [0.1, 0.15) is 11.9 Å². The predicted octanol–water partition coefficient (Wildman–Crippen LogP) is 3.06. The summed E-state index contributed by atoms with van der Waals surface area (Å²) in [5, 5.41) is 14.8. The van der Waals surface area contributed by atoms with Crippen molar-refractivity contribution in [1.29, 1.82) is 0 Å². The second-order valence-corrected chi connectivity index (χ2v) is 5.18. The highest BCUT2D eigenvalue weighted by Crippen LogP contribution is 2.33. The number of para-hydroxylation sites is 1. The van der Waals surface area contributed by atoms with E-state index >= 15 is 0 Å². The molecule has 1 heterocycles. The third-order valence-electron chi connectivity index (χ3n) is 3.58. The van der Waals surface area contributed by atoms with E-state index in [0.29, 0.717) is 23.6 Å². The van der Waals surface area contributed by atoms with E-state index in [2.05, 4.69) is 10.5 Å². The smallest absolute Gasteiger partial charge is 0.363 e. The van der Waals surface area contributed by atoms with Crippen LogP contribution in [0.1, 0.15) is 18.6 Å². The normalized spacial score (nSPS) is 17.7. The number of benzene rings is 2. The van der Waals surface area contributed by atoms with Crippen LogP contribution in [-0.2, 0) is 9.53 Å². The highest BCUT2D eigenvalue weighted by atomic mass is 16.6. The highest BCUT2D eigenvalue weighted by molar-refractivity contribution is 6.39. The van der Waals surface area contributed by atoms with Gasteiger partial charge in [0.25, 0.3) is 5.69 Å². The van der Waals surface area contributed by atoms with Crippen LogP contribution in [0.3, 0.4) is 0 Å². The maximum absolute atomic E-state index is 12.2. The molecule has 25 heavy (non-hydrogen) atoms. The number of nitro groups is 1. The number of anilines is 1. The third kappa shape index (κ3) is 3.48. The number of nitrogens with zero attached hydrogens (tertiary/aromatic N) is 2. The molecule has 0 radical (unpaired) electrons. The molecule has 1 N–H and O–H groups in total. The number of esters is 1. The number of hydrogen-bond donors (Lipinski definition) is 1. The molecular formula is C17H15N3O5. The summed E-state index contributed by atoms with van der Waals surface area (Å²) in [4.78, 5) is 22.4. The number of carbonyl (C=O) groups excluding carboxylic acids is 1. The van der Waals surface area contributed by atoms with E-state index < -0.39 is 17.0 Å². The van der Waals surface area contributed by atoms with Gasteiger partial charge in [0.05, 0.1) is 10.6 Å². The van der Waals surface area contributed by atoms with Gasteiger partial charge in [0, 0.05) is 24.3 Å². The molecule has 0 saturated heterocycles. The first-order valence-corrected chi connectivity index (χ1v) is 7.61. The number of non-ortho nitro benzene ring substituents is 1. The largest absolute Gasteiger partial charge is 0.422 e. The third-order valence-corrected chi connectivity index (χ3v) is 3.58. The molecule has 2 aromatic rings. The number of hydrogen-bond acceptors (Lipinski definition) is 7. The summed E-state index contributed by atoms with van der Waals surface area (Å²) in [6, 6.07) is 12.8. The lowest BCUT2D eigenvalue weighted by Gasteiger charge is -2.25. The lowest BCUT2D eigenvalue weighted by molar-refractivity contribution is -0.384. The summed E-state index contributed by atoms with van der Waals surface area (Å²) >= 11 is 0. The van der Waals surface area contributed by atoms with E-state index in [4.69, 9.17) is 9.47 Å². The monoisotopic (exact) mass is 341 g/mol. The summed E-state index contributed by atoms with van der Waals surface area (Å²) in [7, 11) is 0. The molecule has 0 saturated carbocycles. The van der Waals surface area contributed by atoms with Crippen LogP contribution >= 0.6 is 0 Å². The first kappa shape index (κ1) is 16.6. The Hall–Kier alpha value is -3.26. The van der Waals surface area contributed by atoms with Gasteiger partial charge in [0.15, 0.2) is 5.71 Å². The Labute approximate surface area is 143 Å². The van der Waals surface area contributed by atoms with E-state index in [1.54, 1.807) is 12.1 Å². The number of carbonyl (C=O) groups is 1. The van der Waals surface area contributed by atoms with Gasteiger partial charge in [-0.15, -0.1) is 0 Å². The van der Waals surface area contributed by atoms with Crippen molar-refractivity contribution in [3.05, 3.63) is 64.2 Å². The molecule has 0 aliphatic carbocycles. The van der Waals surface area contributed by atoms with Crippen LogP contribution < -0.4 is 10.2 Å². The van der Waals surface area contributed by atoms with Crippen LogP contribution in [0.15, 0.2) is 53.6 Å². The average molecular weight is 341 g/mol. The summed E-state index contributed by atoms with van der Waals surface area (Å²) in [6.45, 7) is 2.22. The molecule has 1 atom stereocenters. The van der Waals surface area contributed by atoms with Crippen molar-refractivity contribution in [2.45, 2.75) is 13.0 Å². The lowest BCUT2D eigenvalue weighted by Crippen LogP contribution is -2.34. The second-order valence-electron chi connectivity index (χ2n) is 5.18. The van der Waals surface area contributed by atoms with Crippen molar-refractivity contribution in [2.75, 3.05) is 12.0 Å². The minimum absolute atomic E-state index is 0.0311. The van der Waals surface area contributed by atoms with Crippen LogP contribution in [-0.4, -0.2) is 23.2 Å². The minimum atomic E-state index is -0.645. The van der Waals surface area contributed by atoms with E-state index in [1.807, 2.05) is 19.1 Å². The molecule has 0 fully saturated rings. The molecule has 1 unspecified atom stereocenters. The first-order chi connectivity index (χ1) is 12.1. The molecule has 128 valence electrons. The molecule has 0 aromatic heterocycles. The second kappa shape index (κ2) is 7.10. The number of rotatable bonds is 5. The molecule has 0 amide bonds. The van der Waals surface area contributed by atoms with E-state index in [-0.39, 0.29) is 11.4 Å². The molecule has 1 aliphatic heterocycles. The predicted molar refractivity (Wildman–Crippen MR) is 90.6 cm³/mol. The Morgan fingerprint density at radius 1 is 1.24 bits per heavy atom. The van der Waals surface area contributed by atoms with Gasteiger partial charge < -0.3 is 9.47 Å². The lowest BCUT2D eigenvalue weighted by atomic mass is 10.0. The summed E-state index contributed by atoms with van der Waals surface area (Å²) in [5.41, 5.74) is 3.98. The Kier molecular flexibility index (Phi) is 4.71. The molecule has 1 aliphatic rings. The fourth-order valence-corrected chi connectivity index (χ4v) is 2.42. The minimum Gasteiger partial charge on any atom is -0.422 e. The van der Waals surface area contributed by atoms with Gasteiger partial charge in [-0.3, -0.25) is 15.5 Å². The van der Waals surface area contributed by atoms with Crippen molar-refractivity contribution in [1.82, 2.24) is 0 Å². The van der Waals surface area contributed by atoms with Crippen LogP contribution in [0.25, 0.3) is 0 Å². The van der Waals surface area contributed by atoms with E-state index in [0.717, 1.165) is 0 Å². The van der Waals surface area contributed by atoms with Crippen LogP contribution in [0.5, 0.6) is 5.75 Å². The molecule has 8 heteroatoms. The summed E-state index contributed by atoms with van der Waals surface area (Å²) in [6.07, 6.45) is -0.645. The average Bonchev–Trinajstić information content (AvgIpc) is 2.61. The quantitative estimate of drug-likeness (QED) is 0.388. The van der Waals surface area contributed by atoms with Gasteiger partial charge in [-0.05, 0) is 25.1 Å². The Bertz CT molecular complexity index is 832. The molecule has 0 bridgehead atoms. The Morgan fingerprint density at radius 3 is 2.64 bits per heavy atom. The van der Waals surface area contributed by atoms with Gasteiger partial charge in [-0.1, -0.05) is 18.2 Å². The zero-order valence-corrected chi connectivity index (χ0v) is 13.3. The van der Waals surface area contributed by atoms with Crippen LogP contribution in [0.2, 0.25) is 0 Å².